The molecule has 2 aliphatic heterocycles. The predicted molar refractivity (Wildman–Crippen MR) is 121 cm³/mol. The topological polar surface area (TPSA) is 59.9 Å². The first kappa shape index (κ1) is 22.1. The number of pyridine rings is 1. The molecule has 0 radical (unpaired) electrons. The Morgan fingerprint density at radius 3 is 2.43 bits per heavy atom. The monoisotopic (exact) mass is 410 g/mol. The van der Waals surface area contributed by atoms with E-state index < -0.39 is 0 Å². The Labute approximate surface area is 180 Å². The molecule has 2 atom stereocenters. The van der Waals surface area contributed by atoms with Crippen molar-refractivity contribution < 1.29 is 9.90 Å². The molecule has 162 valence electrons. The van der Waals surface area contributed by atoms with E-state index in [4.69, 9.17) is 0 Å². The summed E-state index contributed by atoms with van der Waals surface area (Å²) in [5.41, 5.74) is 2.43. The van der Waals surface area contributed by atoms with E-state index in [1.165, 1.54) is 17.3 Å². The van der Waals surface area contributed by atoms with Gasteiger partial charge in [-0.3, -0.25) is 9.69 Å². The molecule has 1 aromatic heterocycles. The first-order valence-corrected chi connectivity index (χ1v) is 11.0. The number of carbonyl (C=O) groups excluding carboxylic acids is 1. The highest BCUT2D eigenvalue weighted by Crippen LogP contribution is 2.25. The van der Waals surface area contributed by atoms with Crippen LogP contribution in [0, 0.1) is 6.92 Å². The number of aromatic hydroxyl groups is 1. The number of amides is 1. The van der Waals surface area contributed by atoms with Crippen molar-refractivity contribution in [3.63, 3.8) is 0 Å². The van der Waals surface area contributed by atoms with Crippen molar-refractivity contribution in [2.45, 2.75) is 52.7 Å². The number of nitrogens with zero attached hydrogens (tertiary/aromatic N) is 4. The molecule has 6 heteroatoms. The van der Waals surface area contributed by atoms with Gasteiger partial charge in [0, 0.05) is 38.8 Å². The van der Waals surface area contributed by atoms with E-state index in [0.29, 0.717) is 6.54 Å². The summed E-state index contributed by atoms with van der Waals surface area (Å²) >= 11 is 0. The van der Waals surface area contributed by atoms with Crippen molar-refractivity contribution in [2.75, 3.05) is 31.1 Å². The third kappa shape index (κ3) is 4.93. The van der Waals surface area contributed by atoms with Crippen LogP contribution in [0.4, 0.5) is 5.82 Å². The van der Waals surface area contributed by atoms with Gasteiger partial charge in [-0.15, -0.1) is 0 Å². The number of anilines is 1. The summed E-state index contributed by atoms with van der Waals surface area (Å²) in [6, 6.07) is 12.2. The molecule has 30 heavy (non-hydrogen) atoms. The van der Waals surface area contributed by atoms with Crippen molar-refractivity contribution in [3.05, 3.63) is 53.7 Å². The fraction of sp³-hybridized carbons (Fsp3) is 0.500. The lowest BCUT2D eigenvalue weighted by atomic mass is 10.1. The van der Waals surface area contributed by atoms with Gasteiger partial charge in [-0.1, -0.05) is 43.7 Å². The first-order chi connectivity index (χ1) is 14.5. The number of aryl methyl sites for hydroxylation is 1. The van der Waals surface area contributed by atoms with Crippen molar-refractivity contribution in [3.8, 4) is 5.75 Å². The highest BCUT2D eigenvalue weighted by atomic mass is 16.3. The lowest BCUT2D eigenvalue weighted by Gasteiger charge is -2.42. The normalized spacial score (nSPS) is 22.1. The van der Waals surface area contributed by atoms with Crippen molar-refractivity contribution in [1.29, 1.82) is 0 Å². The highest BCUT2D eigenvalue weighted by Gasteiger charge is 2.39. The van der Waals surface area contributed by atoms with E-state index in [2.05, 4.69) is 52.9 Å². The predicted octanol–water partition coefficient (Wildman–Crippen LogP) is 3.43. The molecule has 4 rings (SSSR count). The summed E-state index contributed by atoms with van der Waals surface area (Å²) in [7, 11) is 0. The maximum Gasteiger partial charge on any atom is 0.240 e. The quantitative estimate of drug-likeness (QED) is 0.837. The number of carbonyl (C=O) groups is 1. The van der Waals surface area contributed by atoms with E-state index in [0.717, 1.165) is 38.4 Å². The number of benzene rings is 1. The van der Waals surface area contributed by atoms with Crippen LogP contribution >= 0.6 is 0 Å². The van der Waals surface area contributed by atoms with Crippen molar-refractivity contribution in [1.82, 2.24) is 14.8 Å². The zero-order valence-electron chi connectivity index (χ0n) is 18.6. The summed E-state index contributed by atoms with van der Waals surface area (Å²) in [5.74, 6) is 1.31. The van der Waals surface area contributed by atoms with Crippen LogP contribution in [-0.4, -0.2) is 64.1 Å². The van der Waals surface area contributed by atoms with Gasteiger partial charge in [0.1, 0.15) is 11.6 Å². The van der Waals surface area contributed by atoms with E-state index in [1.807, 2.05) is 24.8 Å². The van der Waals surface area contributed by atoms with Gasteiger partial charge in [0.15, 0.2) is 0 Å². The van der Waals surface area contributed by atoms with Crippen LogP contribution in [0.15, 0.2) is 42.6 Å². The maximum atomic E-state index is 13.0. The van der Waals surface area contributed by atoms with Crippen LogP contribution in [-0.2, 0) is 11.3 Å². The fourth-order valence-electron chi connectivity index (χ4n) is 4.31. The lowest BCUT2D eigenvalue weighted by Crippen LogP contribution is -2.57. The molecule has 1 amide bonds. The highest BCUT2D eigenvalue weighted by molar-refractivity contribution is 5.84. The molecule has 2 aromatic rings. The summed E-state index contributed by atoms with van der Waals surface area (Å²) in [5, 5.41) is 9.43. The molecule has 3 heterocycles. The van der Waals surface area contributed by atoms with Gasteiger partial charge in [0.2, 0.25) is 5.91 Å². The van der Waals surface area contributed by atoms with E-state index >= 15 is 0 Å². The minimum Gasteiger partial charge on any atom is -0.506 e. The van der Waals surface area contributed by atoms with E-state index in [9.17, 15) is 9.90 Å². The third-order valence-corrected chi connectivity index (χ3v) is 5.90. The van der Waals surface area contributed by atoms with Gasteiger partial charge >= 0.3 is 0 Å². The number of aromatic nitrogens is 1. The van der Waals surface area contributed by atoms with Gasteiger partial charge in [0.05, 0.1) is 12.2 Å². The number of hydrogen-bond donors (Lipinski definition) is 1. The second kappa shape index (κ2) is 9.94. The van der Waals surface area contributed by atoms with Crippen LogP contribution in [0.1, 0.15) is 38.3 Å². The minimum atomic E-state index is -0.0182. The third-order valence-electron chi connectivity index (χ3n) is 5.90. The molecule has 2 unspecified atom stereocenters. The SMILES string of the molecule is CC.Cc1ccc(CN2CCC(N3CCN(c4ccc(O)cn4)CC3C)C2=O)cc1. The number of likely N-dealkylation sites (tertiary alicyclic amines) is 1. The molecule has 2 saturated heterocycles. The van der Waals surface area contributed by atoms with Crippen molar-refractivity contribution in [2.24, 2.45) is 0 Å². The second-order valence-electron chi connectivity index (χ2n) is 7.96. The number of hydrogen-bond acceptors (Lipinski definition) is 5. The molecule has 0 aliphatic carbocycles. The zero-order chi connectivity index (χ0) is 21.7. The van der Waals surface area contributed by atoms with Crippen LogP contribution in [0.5, 0.6) is 5.75 Å². The number of rotatable bonds is 4. The average Bonchev–Trinajstić information content (AvgIpc) is 3.11. The van der Waals surface area contributed by atoms with Crippen molar-refractivity contribution >= 4 is 11.7 Å². The Kier molecular flexibility index (Phi) is 7.32. The molecule has 2 fully saturated rings. The zero-order valence-corrected chi connectivity index (χ0v) is 18.6. The molecule has 2 aliphatic rings. The number of piperazine rings is 1. The van der Waals surface area contributed by atoms with Gasteiger partial charge in [-0.05, 0) is 38.0 Å². The smallest absolute Gasteiger partial charge is 0.240 e. The Morgan fingerprint density at radius 1 is 1.07 bits per heavy atom. The molecule has 1 N–H and O–H groups in total. The Balaban J connectivity index is 0.00000124. The summed E-state index contributed by atoms with van der Waals surface area (Å²) in [4.78, 5) is 23.9. The van der Waals surface area contributed by atoms with Crippen LogP contribution in [0.25, 0.3) is 0 Å². The van der Waals surface area contributed by atoms with Crippen LogP contribution < -0.4 is 4.90 Å². The Bertz CT molecular complexity index is 822. The molecule has 1 aromatic carbocycles. The second-order valence-corrected chi connectivity index (χ2v) is 7.96. The van der Waals surface area contributed by atoms with Gasteiger partial charge < -0.3 is 14.9 Å². The summed E-state index contributed by atoms with van der Waals surface area (Å²) in [6.45, 7) is 12.3. The summed E-state index contributed by atoms with van der Waals surface area (Å²) < 4.78 is 0. The maximum absolute atomic E-state index is 13.0. The standard InChI is InChI=1S/C22H28N4O2.C2H6/c1-16-3-5-18(6-4-16)15-25-10-9-20(22(25)28)26-12-11-24(14-17(26)2)21-8-7-19(27)13-23-21;1-2/h3-8,13,17,20,27H,9-12,14-15H2,1-2H3;1-2H3. The largest absolute Gasteiger partial charge is 0.506 e. The van der Waals surface area contributed by atoms with Crippen LogP contribution in [0.2, 0.25) is 0 Å². The van der Waals surface area contributed by atoms with Gasteiger partial charge in [-0.25, -0.2) is 4.98 Å². The molecular weight excluding hydrogens is 376 g/mol. The average molecular weight is 411 g/mol. The summed E-state index contributed by atoms with van der Waals surface area (Å²) in [6.07, 6.45) is 2.38. The Hall–Kier alpha value is -2.60. The minimum absolute atomic E-state index is 0.0182. The molecule has 0 bridgehead atoms. The molecule has 0 spiro atoms. The fourth-order valence-corrected chi connectivity index (χ4v) is 4.31. The first-order valence-electron chi connectivity index (χ1n) is 11.0. The Morgan fingerprint density at radius 2 is 1.80 bits per heavy atom. The molecular formula is C24H34N4O2. The van der Waals surface area contributed by atoms with E-state index in [-0.39, 0.29) is 23.7 Å². The van der Waals surface area contributed by atoms with Crippen LogP contribution in [0.3, 0.4) is 0 Å². The van der Waals surface area contributed by atoms with Gasteiger partial charge in [-0.2, -0.15) is 0 Å². The van der Waals surface area contributed by atoms with E-state index in [1.54, 1.807) is 6.07 Å². The molecule has 6 nitrogen and oxygen atoms in total. The molecule has 0 saturated carbocycles. The van der Waals surface area contributed by atoms with Gasteiger partial charge in [0.25, 0.3) is 0 Å². The lowest BCUT2D eigenvalue weighted by molar-refractivity contribution is -0.133.